The molecule has 3 nitrogen and oxygen atoms in total. The first-order valence-electron chi connectivity index (χ1n) is 8.29. The van der Waals surface area contributed by atoms with Gasteiger partial charge in [-0.05, 0) is 64.1 Å². The molecular formula is C17H25ClFN3. The van der Waals surface area contributed by atoms with Crippen LogP contribution in [0.25, 0.3) is 0 Å². The van der Waals surface area contributed by atoms with Crippen LogP contribution in [0.1, 0.15) is 52.0 Å². The molecule has 3 rings (SSSR count). The quantitative estimate of drug-likeness (QED) is 0.842. The largest absolute Gasteiger partial charge is 0.365 e. The lowest BCUT2D eigenvalue weighted by Crippen LogP contribution is -2.55. The zero-order valence-corrected chi connectivity index (χ0v) is 14.4. The minimum atomic E-state index is -0.298. The smallest absolute Gasteiger partial charge is 0.165 e. The fourth-order valence-corrected chi connectivity index (χ4v) is 4.44. The second-order valence-electron chi connectivity index (χ2n) is 7.21. The monoisotopic (exact) mass is 325 g/mol. The number of aromatic nitrogens is 1. The number of hydrogen-bond acceptors (Lipinski definition) is 3. The number of fused-ring (bicyclic) bond motifs is 1. The van der Waals surface area contributed by atoms with E-state index in [0.717, 1.165) is 18.4 Å². The highest BCUT2D eigenvalue weighted by atomic mass is 35.5. The Labute approximate surface area is 137 Å². The Morgan fingerprint density at radius 2 is 2.27 bits per heavy atom. The van der Waals surface area contributed by atoms with Gasteiger partial charge in [0.25, 0.3) is 0 Å². The molecule has 2 unspecified atom stereocenters. The van der Waals surface area contributed by atoms with Gasteiger partial charge in [0.2, 0.25) is 0 Å². The van der Waals surface area contributed by atoms with Crippen LogP contribution in [0, 0.1) is 5.82 Å². The first-order chi connectivity index (χ1) is 10.4. The van der Waals surface area contributed by atoms with Gasteiger partial charge in [-0.25, -0.2) is 9.37 Å². The molecule has 5 heteroatoms. The molecule has 3 heterocycles. The Morgan fingerprint density at radius 1 is 1.50 bits per heavy atom. The van der Waals surface area contributed by atoms with Gasteiger partial charge in [0.15, 0.2) is 11.6 Å². The van der Waals surface area contributed by atoms with E-state index < -0.39 is 0 Å². The molecule has 0 aliphatic carbocycles. The molecule has 0 amide bonds. The molecule has 2 saturated heterocycles. The van der Waals surface area contributed by atoms with E-state index in [2.05, 4.69) is 29.0 Å². The average molecular weight is 326 g/mol. The first kappa shape index (κ1) is 16.0. The van der Waals surface area contributed by atoms with Crippen molar-refractivity contribution in [3.8, 4) is 0 Å². The SMILES string of the molecule is CCc1cc(F)c(NC2CC3CCCN3C(C)(C)C2)nc1Cl. The Balaban J connectivity index is 1.77. The van der Waals surface area contributed by atoms with Crippen molar-refractivity contribution >= 4 is 17.4 Å². The first-order valence-corrected chi connectivity index (χ1v) is 8.66. The summed E-state index contributed by atoms with van der Waals surface area (Å²) in [6.07, 6.45) is 5.25. The number of anilines is 1. The minimum Gasteiger partial charge on any atom is -0.365 e. The Morgan fingerprint density at radius 3 is 3.00 bits per heavy atom. The summed E-state index contributed by atoms with van der Waals surface area (Å²) in [5, 5.41) is 3.72. The van der Waals surface area contributed by atoms with Crippen LogP contribution in [-0.2, 0) is 6.42 Å². The van der Waals surface area contributed by atoms with Gasteiger partial charge in [-0.15, -0.1) is 0 Å². The van der Waals surface area contributed by atoms with Crippen LogP contribution in [0.4, 0.5) is 10.2 Å². The number of rotatable bonds is 3. The molecule has 0 bridgehead atoms. The van der Waals surface area contributed by atoms with Crippen LogP contribution in [0.2, 0.25) is 5.15 Å². The van der Waals surface area contributed by atoms with Crippen molar-refractivity contribution in [2.24, 2.45) is 0 Å². The van der Waals surface area contributed by atoms with Gasteiger partial charge < -0.3 is 5.32 Å². The normalized spacial score (nSPS) is 27.7. The second kappa shape index (κ2) is 5.97. The van der Waals surface area contributed by atoms with Crippen molar-refractivity contribution in [3.63, 3.8) is 0 Å². The maximum absolute atomic E-state index is 14.2. The molecule has 22 heavy (non-hydrogen) atoms. The summed E-state index contributed by atoms with van der Waals surface area (Å²) in [5.41, 5.74) is 0.913. The van der Waals surface area contributed by atoms with Gasteiger partial charge in [0, 0.05) is 17.6 Å². The van der Waals surface area contributed by atoms with Gasteiger partial charge >= 0.3 is 0 Å². The Hall–Kier alpha value is -0.870. The molecule has 1 aromatic rings. The van der Waals surface area contributed by atoms with Crippen molar-refractivity contribution in [1.82, 2.24) is 9.88 Å². The standard InChI is InChI=1S/C17H25ClFN3/c1-4-11-8-14(19)16(21-15(11)18)20-12-9-13-6-5-7-22(13)17(2,3)10-12/h8,12-13H,4-7,9-10H2,1-3H3,(H,20,21). The van der Waals surface area contributed by atoms with E-state index in [9.17, 15) is 4.39 Å². The van der Waals surface area contributed by atoms with E-state index in [1.54, 1.807) is 0 Å². The molecule has 1 aromatic heterocycles. The maximum atomic E-state index is 14.2. The lowest BCUT2D eigenvalue weighted by atomic mass is 9.84. The lowest BCUT2D eigenvalue weighted by molar-refractivity contribution is 0.0500. The predicted octanol–water partition coefficient (Wildman–Crippen LogP) is 4.25. The number of nitrogens with zero attached hydrogens (tertiary/aromatic N) is 2. The fourth-order valence-electron chi connectivity index (χ4n) is 4.17. The zero-order valence-electron chi connectivity index (χ0n) is 13.6. The third kappa shape index (κ3) is 2.95. The molecular weight excluding hydrogens is 301 g/mol. The highest BCUT2D eigenvalue weighted by molar-refractivity contribution is 6.30. The van der Waals surface area contributed by atoms with Crippen molar-refractivity contribution in [3.05, 3.63) is 22.6 Å². The maximum Gasteiger partial charge on any atom is 0.165 e. The molecule has 2 fully saturated rings. The topological polar surface area (TPSA) is 28.2 Å². The summed E-state index contributed by atoms with van der Waals surface area (Å²) in [7, 11) is 0. The highest BCUT2D eigenvalue weighted by Gasteiger charge is 2.43. The second-order valence-corrected chi connectivity index (χ2v) is 7.56. The van der Waals surface area contributed by atoms with Crippen LogP contribution in [-0.4, -0.2) is 34.1 Å². The number of pyridine rings is 1. The molecule has 1 N–H and O–H groups in total. The highest BCUT2D eigenvalue weighted by Crippen LogP contribution is 2.38. The molecule has 0 aromatic carbocycles. The number of hydrogen-bond donors (Lipinski definition) is 1. The Kier molecular flexibility index (Phi) is 4.34. The molecule has 0 saturated carbocycles. The predicted molar refractivity (Wildman–Crippen MR) is 89.0 cm³/mol. The van der Waals surface area contributed by atoms with E-state index in [1.165, 1.54) is 25.5 Å². The van der Waals surface area contributed by atoms with Crippen molar-refractivity contribution in [1.29, 1.82) is 0 Å². The van der Waals surface area contributed by atoms with Crippen LogP contribution in [0.3, 0.4) is 0 Å². The van der Waals surface area contributed by atoms with Gasteiger partial charge in [0.1, 0.15) is 5.15 Å². The van der Waals surface area contributed by atoms with E-state index in [1.807, 2.05) is 6.92 Å². The molecule has 0 spiro atoms. The summed E-state index contributed by atoms with van der Waals surface area (Å²) in [6.45, 7) is 7.72. The average Bonchev–Trinajstić information content (AvgIpc) is 2.91. The van der Waals surface area contributed by atoms with Crippen LogP contribution in [0.15, 0.2) is 6.07 Å². The molecule has 2 atom stereocenters. The van der Waals surface area contributed by atoms with Crippen LogP contribution >= 0.6 is 11.6 Å². The third-order valence-electron chi connectivity index (χ3n) is 5.18. The summed E-state index contributed by atoms with van der Waals surface area (Å²) in [6, 6.07) is 2.36. The lowest BCUT2D eigenvalue weighted by Gasteiger charge is -2.47. The van der Waals surface area contributed by atoms with Crippen molar-refractivity contribution in [2.45, 2.75) is 70.5 Å². The van der Waals surface area contributed by atoms with Gasteiger partial charge in [-0.1, -0.05) is 18.5 Å². The van der Waals surface area contributed by atoms with Gasteiger partial charge in [-0.2, -0.15) is 0 Å². The fraction of sp³-hybridized carbons (Fsp3) is 0.706. The molecule has 0 radical (unpaired) electrons. The van der Waals surface area contributed by atoms with Crippen LogP contribution in [0.5, 0.6) is 0 Å². The molecule has 2 aliphatic rings. The summed E-state index contributed by atoms with van der Waals surface area (Å²) < 4.78 is 14.2. The molecule has 122 valence electrons. The third-order valence-corrected chi connectivity index (χ3v) is 5.51. The van der Waals surface area contributed by atoms with E-state index in [-0.39, 0.29) is 17.4 Å². The van der Waals surface area contributed by atoms with Gasteiger partial charge in [0.05, 0.1) is 0 Å². The summed E-state index contributed by atoms with van der Waals surface area (Å²) in [4.78, 5) is 6.85. The molecule has 2 aliphatic heterocycles. The summed E-state index contributed by atoms with van der Waals surface area (Å²) in [5.74, 6) is 0.00218. The Bertz CT molecular complexity index is 561. The van der Waals surface area contributed by atoms with Crippen molar-refractivity contribution < 1.29 is 4.39 Å². The van der Waals surface area contributed by atoms with E-state index >= 15 is 0 Å². The number of nitrogens with one attached hydrogen (secondary N) is 1. The summed E-state index contributed by atoms with van der Waals surface area (Å²) >= 11 is 6.14. The van der Waals surface area contributed by atoms with Crippen LogP contribution < -0.4 is 5.32 Å². The van der Waals surface area contributed by atoms with Crippen molar-refractivity contribution in [2.75, 3.05) is 11.9 Å². The number of piperidine rings is 1. The van der Waals surface area contributed by atoms with E-state index in [4.69, 9.17) is 11.6 Å². The van der Waals surface area contributed by atoms with E-state index in [0.29, 0.717) is 23.4 Å². The zero-order chi connectivity index (χ0) is 15.9. The number of aryl methyl sites for hydroxylation is 1. The number of halogens is 2. The minimum absolute atomic E-state index is 0.153. The van der Waals surface area contributed by atoms with Gasteiger partial charge in [-0.3, -0.25) is 4.90 Å².